The van der Waals surface area contributed by atoms with E-state index in [1.54, 1.807) is 29.8 Å². The number of hydrogen-bond donors (Lipinski definition) is 2. The Kier molecular flexibility index (Phi) is 6.44. The maximum atomic E-state index is 13.2. The summed E-state index contributed by atoms with van der Waals surface area (Å²) in [6.45, 7) is 3.69. The van der Waals surface area contributed by atoms with Crippen molar-refractivity contribution in [1.29, 1.82) is 0 Å². The molecule has 0 aliphatic rings. The average Bonchev–Trinajstić information content (AvgIpc) is 3.39. The Bertz CT molecular complexity index is 1450. The van der Waals surface area contributed by atoms with Crippen molar-refractivity contribution in [1.82, 2.24) is 24.5 Å². The lowest BCUT2D eigenvalue weighted by Crippen LogP contribution is -2.29. The molecule has 180 valence electrons. The Morgan fingerprint density at radius 2 is 1.94 bits per heavy atom. The predicted octanol–water partition coefficient (Wildman–Crippen LogP) is 5.39. The van der Waals surface area contributed by atoms with E-state index in [2.05, 4.69) is 35.8 Å². The first-order valence-electron chi connectivity index (χ1n) is 10.1. The Hall–Kier alpha value is -2.90. The van der Waals surface area contributed by atoms with Crippen LogP contribution in [0.3, 0.4) is 0 Å². The lowest BCUT2D eigenvalue weighted by Gasteiger charge is -2.16. The van der Waals surface area contributed by atoms with Gasteiger partial charge in [0.2, 0.25) is 10.0 Å². The summed E-state index contributed by atoms with van der Waals surface area (Å²) in [5.74, 6) is 0.751. The van der Waals surface area contributed by atoms with Crippen LogP contribution < -0.4 is 9.46 Å². The van der Waals surface area contributed by atoms with E-state index >= 15 is 0 Å². The van der Waals surface area contributed by atoms with Crippen molar-refractivity contribution < 1.29 is 26.3 Å². The van der Waals surface area contributed by atoms with E-state index in [0.29, 0.717) is 18.4 Å². The highest BCUT2D eigenvalue weighted by atomic mass is 79.9. The van der Waals surface area contributed by atoms with Gasteiger partial charge in [-0.1, -0.05) is 21.0 Å². The van der Waals surface area contributed by atoms with Crippen molar-refractivity contribution >= 4 is 36.9 Å². The number of rotatable bonds is 7. The Morgan fingerprint density at radius 3 is 2.65 bits per heavy atom. The van der Waals surface area contributed by atoms with Gasteiger partial charge in [-0.2, -0.15) is 13.2 Å². The zero-order chi connectivity index (χ0) is 24.7. The summed E-state index contributed by atoms with van der Waals surface area (Å²) in [6, 6.07) is 9.31. The quantitative estimate of drug-likeness (QED) is 0.317. The number of aromatic nitrogens is 4. The monoisotopic (exact) mass is 557 g/mol. The molecule has 0 spiro atoms. The number of H-pyrrole nitrogens is 1. The second-order valence-corrected chi connectivity index (χ2v) is 9.96. The third-order valence-corrected chi connectivity index (χ3v) is 7.30. The summed E-state index contributed by atoms with van der Waals surface area (Å²) in [5, 5.41) is 9.08. The van der Waals surface area contributed by atoms with E-state index in [0.717, 1.165) is 23.0 Å². The Balaban J connectivity index is 1.58. The molecule has 0 fully saturated rings. The molecule has 0 unspecified atom stereocenters. The van der Waals surface area contributed by atoms with Crippen LogP contribution in [0.4, 0.5) is 13.2 Å². The molecule has 2 aromatic heterocycles. The third-order valence-electron chi connectivity index (χ3n) is 5.07. The highest BCUT2D eigenvalue weighted by Crippen LogP contribution is 2.36. The van der Waals surface area contributed by atoms with Crippen molar-refractivity contribution in [2.75, 3.05) is 0 Å². The molecule has 13 heteroatoms. The van der Waals surface area contributed by atoms with Crippen LogP contribution in [0.5, 0.6) is 11.8 Å². The van der Waals surface area contributed by atoms with Crippen molar-refractivity contribution in [3.8, 4) is 11.8 Å². The minimum atomic E-state index is -4.71. The first-order chi connectivity index (χ1) is 16.0. The zero-order valence-corrected chi connectivity index (χ0v) is 20.3. The molecule has 0 amide bonds. The number of nitrogens with zero attached hydrogens (tertiary/aromatic N) is 3. The van der Waals surface area contributed by atoms with Crippen LogP contribution in [0.25, 0.3) is 10.9 Å². The largest absolute Gasteiger partial charge is 0.424 e. The van der Waals surface area contributed by atoms with Gasteiger partial charge in [0.25, 0.3) is 0 Å². The fourth-order valence-corrected chi connectivity index (χ4v) is 5.13. The molecule has 0 aliphatic heterocycles. The van der Waals surface area contributed by atoms with Crippen LogP contribution in [0.15, 0.2) is 58.0 Å². The zero-order valence-electron chi connectivity index (χ0n) is 17.9. The number of fused-ring (bicyclic) bond motifs is 1. The average molecular weight is 558 g/mol. The topological polar surface area (TPSA) is 102 Å². The lowest BCUT2D eigenvalue weighted by molar-refractivity contribution is -0.138. The van der Waals surface area contributed by atoms with E-state index in [-0.39, 0.29) is 16.3 Å². The summed E-state index contributed by atoms with van der Waals surface area (Å²) in [5.41, 5.74) is -0.219. The fraction of sp³-hybridized carbons (Fsp3) is 0.238. The van der Waals surface area contributed by atoms with Crippen LogP contribution in [0.2, 0.25) is 0 Å². The van der Waals surface area contributed by atoms with Gasteiger partial charge >= 0.3 is 12.2 Å². The van der Waals surface area contributed by atoms with E-state index in [1.807, 2.05) is 12.1 Å². The number of halogens is 4. The Morgan fingerprint density at radius 1 is 1.18 bits per heavy atom. The van der Waals surface area contributed by atoms with Gasteiger partial charge in [0, 0.05) is 28.8 Å². The second-order valence-electron chi connectivity index (χ2n) is 7.40. The van der Waals surface area contributed by atoms with E-state index in [1.165, 1.54) is 6.92 Å². The molecule has 4 aromatic rings. The molecule has 0 saturated carbocycles. The molecule has 2 aromatic carbocycles. The van der Waals surface area contributed by atoms with E-state index in [4.69, 9.17) is 4.74 Å². The first-order valence-corrected chi connectivity index (χ1v) is 12.3. The standard InChI is InChI=1S/C21H19BrF3N5O3S/c1-3-30-19(27-28-20(30)33-14-5-4-13-8-9-26-18(13)10-14)12(2)29-34(31,32)15-6-7-17(22)16(11-15)21(23,24)25/h4-12,26,29H,3H2,1-2H3/t12-/m1/s1. The number of hydrogen-bond acceptors (Lipinski definition) is 5. The second kappa shape index (κ2) is 9.04. The number of ether oxygens (including phenoxy) is 1. The molecule has 0 bridgehead atoms. The van der Waals surface area contributed by atoms with Gasteiger partial charge < -0.3 is 9.72 Å². The maximum Gasteiger partial charge on any atom is 0.417 e. The summed E-state index contributed by atoms with van der Waals surface area (Å²) >= 11 is 2.81. The lowest BCUT2D eigenvalue weighted by atomic mass is 10.2. The molecule has 0 aliphatic carbocycles. The van der Waals surface area contributed by atoms with E-state index < -0.39 is 32.7 Å². The number of alkyl halides is 3. The molecular formula is C21H19BrF3N5O3S. The van der Waals surface area contributed by atoms with Gasteiger partial charge in [-0.3, -0.25) is 4.57 Å². The predicted molar refractivity (Wildman–Crippen MR) is 122 cm³/mol. The molecule has 2 heterocycles. The van der Waals surface area contributed by atoms with Gasteiger partial charge in [0.1, 0.15) is 5.75 Å². The van der Waals surface area contributed by atoms with Crippen molar-refractivity contribution in [3.05, 3.63) is 64.5 Å². The van der Waals surface area contributed by atoms with Crippen molar-refractivity contribution in [2.45, 2.75) is 37.5 Å². The minimum absolute atomic E-state index is 0.150. The molecule has 0 saturated heterocycles. The molecule has 4 rings (SSSR count). The number of benzene rings is 2. The van der Waals surface area contributed by atoms with Gasteiger partial charge in [0.15, 0.2) is 5.82 Å². The SMILES string of the molecule is CCn1c(Oc2ccc3cc[nH]c3c2)nnc1[C@@H](C)NS(=O)(=O)c1ccc(Br)c(C(F)(F)F)c1. The minimum Gasteiger partial charge on any atom is -0.424 e. The molecule has 8 nitrogen and oxygen atoms in total. The molecule has 34 heavy (non-hydrogen) atoms. The molecule has 2 N–H and O–H groups in total. The fourth-order valence-electron chi connectivity index (χ4n) is 3.43. The van der Waals surface area contributed by atoms with Crippen LogP contribution in [-0.4, -0.2) is 28.2 Å². The van der Waals surface area contributed by atoms with Crippen LogP contribution >= 0.6 is 15.9 Å². The normalized spacial score (nSPS) is 13.4. The molecule has 1 atom stereocenters. The van der Waals surface area contributed by atoms with Crippen LogP contribution in [0, 0.1) is 0 Å². The summed E-state index contributed by atoms with van der Waals surface area (Å²) in [6.07, 6.45) is -2.91. The number of sulfonamides is 1. The maximum absolute atomic E-state index is 13.2. The highest BCUT2D eigenvalue weighted by molar-refractivity contribution is 9.10. The first kappa shape index (κ1) is 24.2. The smallest absolute Gasteiger partial charge is 0.417 e. The number of aromatic amines is 1. The van der Waals surface area contributed by atoms with Crippen molar-refractivity contribution in [2.24, 2.45) is 0 Å². The van der Waals surface area contributed by atoms with Crippen LogP contribution in [-0.2, 0) is 22.7 Å². The van der Waals surface area contributed by atoms with Gasteiger partial charge in [-0.25, -0.2) is 13.1 Å². The molecular weight excluding hydrogens is 539 g/mol. The summed E-state index contributed by atoms with van der Waals surface area (Å²) in [4.78, 5) is 2.56. The van der Waals surface area contributed by atoms with Crippen LogP contribution in [0.1, 0.15) is 31.3 Å². The highest BCUT2D eigenvalue weighted by Gasteiger charge is 2.34. The summed E-state index contributed by atoms with van der Waals surface area (Å²) in [7, 11) is -4.30. The summed E-state index contributed by atoms with van der Waals surface area (Å²) < 4.78 is 74.8. The molecule has 0 radical (unpaired) electrons. The third kappa shape index (κ3) is 4.81. The van der Waals surface area contributed by atoms with Gasteiger partial charge in [-0.05, 0) is 55.6 Å². The Labute approximate surface area is 201 Å². The number of nitrogens with one attached hydrogen (secondary N) is 2. The van der Waals surface area contributed by atoms with Gasteiger partial charge in [0.05, 0.1) is 16.5 Å². The van der Waals surface area contributed by atoms with Gasteiger partial charge in [-0.15, -0.1) is 5.10 Å². The van der Waals surface area contributed by atoms with Crippen molar-refractivity contribution in [3.63, 3.8) is 0 Å². The van der Waals surface area contributed by atoms with E-state index in [9.17, 15) is 21.6 Å².